The van der Waals surface area contributed by atoms with E-state index in [-0.39, 0.29) is 0 Å². The second-order valence-corrected chi connectivity index (χ2v) is 4.47. The molecule has 1 unspecified atom stereocenters. The summed E-state index contributed by atoms with van der Waals surface area (Å²) in [6.45, 7) is 3.24. The van der Waals surface area contributed by atoms with Gasteiger partial charge in [0.1, 0.15) is 0 Å². The van der Waals surface area contributed by atoms with Gasteiger partial charge in [-0.1, -0.05) is 6.92 Å². The third-order valence-corrected chi connectivity index (χ3v) is 2.90. The second kappa shape index (κ2) is 6.45. The largest absolute Gasteiger partial charge is 0.401 e. The molecule has 1 aliphatic heterocycles. The standard InChI is InChI=1S/C11H21F3N2/c1-2-7-16(9-11(12,13)14)8-5-10-4-3-6-15-10/h10,15H,2-9H2,1H3. The maximum atomic E-state index is 12.3. The van der Waals surface area contributed by atoms with E-state index in [2.05, 4.69) is 5.32 Å². The lowest BCUT2D eigenvalue weighted by molar-refractivity contribution is -0.146. The summed E-state index contributed by atoms with van der Waals surface area (Å²) < 4.78 is 36.8. The first-order chi connectivity index (χ1) is 7.51. The van der Waals surface area contributed by atoms with Crippen LogP contribution in [0.25, 0.3) is 0 Å². The maximum Gasteiger partial charge on any atom is 0.401 e. The minimum atomic E-state index is -4.07. The summed E-state index contributed by atoms with van der Waals surface area (Å²) in [6.07, 6.45) is -0.216. The van der Waals surface area contributed by atoms with E-state index in [1.54, 1.807) is 0 Å². The SMILES string of the molecule is CCCN(CCC1CCCN1)CC(F)(F)F. The van der Waals surface area contributed by atoms with E-state index in [4.69, 9.17) is 0 Å². The predicted molar refractivity (Wildman–Crippen MR) is 58.4 cm³/mol. The lowest BCUT2D eigenvalue weighted by Gasteiger charge is -2.24. The Bertz CT molecular complexity index is 188. The van der Waals surface area contributed by atoms with Crippen LogP contribution < -0.4 is 5.32 Å². The molecule has 2 nitrogen and oxygen atoms in total. The molecule has 1 aliphatic rings. The Morgan fingerprint density at radius 1 is 1.31 bits per heavy atom. The summed E-state index contributed by atoms with van der Waals surface area (Å²) in [5.41, 5.74) is 0. The predicted octanol–water partition coefficient (Wildman–Crippen LogP) is 2.40. The van der Waals surface area contributed by atoms with Crippen LogP contribution in [0.15, 0.2) is 0 Å². The number of alkyl halides is 3. The van der Waals surface area contributed by atoms with Gasteiger partial charge in [0.25, 0.3) is 0 Å². The van der Waals surface area contributed by atoms with Crippen LogP contribution in [-0.4, -0.2) is 43.3 Å². The van der Waals surface area contributed by atoms with Crippen molar-refractivity contribution in [3.8, 4) is 0 Å². The molecule has 1 N–H and O–H groups in total. The summed E-state index contributed by atoms with van der Waals surface area (Å²) >= 11 is 0. The van der Waals surface area contributed by atoms with Crippen molar-refractivity contribution in [2.45, 2.75) is 44.8 Å². The molecular formula is C11H21F3N2. The van der Waals surface area contributed by atoms with Gasteiger partial charge in [-0.05, 0) is 45.3 Å². The monoisotopic (exact) mass is 238 g/mol. The molecule has 1 fully saturated rings. The summed E-state index contributed by atoms with van der Waals surface area (Å²) in [5.74, 6) is 0. The second-order valence-electron chi connectivity index (χ2n) is 4.47. The molecule has 1 saturated heterocycles. The number of hydrogen-bond donors (Lipinski definition) is 1. The van der Waals surface area contributed by atoms with Gasteiger partial charge >= 0.3 is 6.18 Å². The number of hydrogen-bond acceptors (Lipinski definition) is 2. The molecule has 1 atom stereocenters. The highest BCUT2D eigenvalue weighted by Crippen LogP contribution is 2.17. The third-order valence-electron chi connectivity index (χ3n) is 2.90. The van der Waals surface area contributed by atoms with Gasteiger partial charge in [0, 0.05) is 6.04 Å². The van der Waals surface area contributed by atoms with Gasteiger partial charge in [0.05, 0.1) is 6.54 Å². The van der Waals surface area contributed by atoms with E-state index >= 15 is 0 Å². The van der Waals surface area contributed by atoms with Gasteiger partial charge < -0.3 is 5.32 Å². The number of nitrogens with one attached hydrogen (secondary N) is 1. The van der Waals surface area contributed by atoms with Crippen LogP contribution in [0.4, 0.5) is 13.2 Å². The zero-order valence-corrected chi connectivity index (χ0v) is 9.82. The average molecular weight is 238 g/mol. The summed E-state index contributed by atoms with van der Waals surface area (Å²) in [4.78, 5) is 1.51. The smallest absolute Gasteiger partial charge is 0.314 e. The van der Waals surface area contributed by atoms with Gasteiger partial charge in [-0.25, -0.2) is 0 Å². The van der Waals surface area contributed by atoms with Crippen LogP contribution in [0, 0.1) is 0 Å². The number of rotatable bonds is 6. The van der Waals surface area contributed by atoms with Crippen LogP contribution in [0.2, 0.25) is 0 Å². The Morgan fingerprint density at radius 3 is 2.56 bits per heavy atom. The first-order valence-corrected chi connectivity index (χ1v) is 6.04. The molecule has 0 bridgehead atoms. The van der Waals surface area contributed by atoms with Gasteiger partial charge in [-0.15, -0.1) is 0 Å². The minimum absolute atomic E-state index is 0.424. The lowest BCUT2D eigenvalue weighted by atomic mass is 10.1. The van der Waals surface area contributed by atoms with Crippen molar-refractivity contribution in [3.63, 3.8) is 0 Å². The Kier molecular flexibility index (Phi) is 5.55. The molecule has 0 spiro atoms. The summed E-state index contributed by atoms with van der Waals surface area (Å²) in [5, 5.41) is 3.31. The Morgan fingerprint density at radius 2 is 2.06 bits per heavy atom. The molecule has 1 rings (SSSR count). The van der Waals surface area contributed by atoms with Crippen LogP contribution in [-0.2, 0) is 0 Å². The van der Waals surface area contributed by atoms with Crippen molar-refractivity contribution in [2.75, 3.05) is 26.2 Å². The van der Waals surface area contributed by atoms with Crippen LogP contribution in [0.5, 0.6) is 0 Å². The van der Waals surface area contributed by atoms with E-state index in [9.17, 15) is 13.2 Å². The average Bonchev–Trinajstić information content (AvgIpc) is 2.64. The van der Waals surface area contributed by atoms with E-state index in [0.29, 0.717) is 19.1 Å². The maximum absolute atomic E-state index is 12.3. The van der Waals surface area contributed by atoms with Crippen molar-refractivity contribution >= 4 is 0 Å². The van der Waals surface area contributed by atoms with Gasteiger partial charge in [0.15, 0.2) is 0 Å². The highest BCUT2D eigenvalue weighted by Gasteiger charge is 2.30. The van der Waals surface area contributed by atoms with Gasteiger partial charge in [-0.2, -0.15) is 13.2 Å². The zero-order chi connectivity index (χ0) is 12.0. The van der Waals surface area contributed by atoms with E-state index in [0.717, 1.165) is 32.2 Å². The molecular weight excluding hydrogens is 217 g/mol. The fraction of sp³-hybridized carbons (Fsp3) is 1.00. The topological polar surface area (TPSA) is 15.3 Å². The van der Waals surface area contributed by atoms with Crippen molar-refractivity contribution in [1.82, 2.24) is 10.2 Å². The third kappa shape index (κ3) is 5.70. The van der Waals surface area contributed by atoms with Crippen LogP contribution in [0.3, 0.4) is 0 Å². The lowest BCUT2D eigenvalue weighted by Crippen LogP contribution is -2.37. The molecule has 0 aliphatic carbocycles. The molecule has 0 radical (unpaired) electrons. The van der Waals surface area contributed by atoms with E-state index in [1.165, 1.54) is 4.90 Å². The minimum Gasteiger partial charge on any atom is -0.314 e. The zero-order valence-electron chi connectivity index (χ0n) is 9.82. The molecule has 0 aromatic rings. The molecule has 0 amide bonds. The quantitative estimate of drug-likeness (QED) is 0.764. The van der Waals surface area contributed by atoms with E-state index < -0.39 is 12.7 Å². The molecule has 96 valence electrons. The Balaban J connectivity index is 2.26. The van der Waals surface area contributed by atoms with Crippen molar-refractivity contribution < 1.29 is 13.2 Å². The van der Waals surface area contributed by atoms with Crippen molar-refractivity contribution in [3.05, 3.63) is 0 Å². The van der Waals surface area contributed by atoms with Crippen molar-refractivity contribution in [1.29, 1.82) is 0 Å². The molecule has 0 saturated carbocycles. The molecule has 5 heteroatoms. The molecule has 16 heavy (non-hydrogen) atoms. The summed E-state index contributed by atoms with van der Waals surface area (Å²) in [6, 6.07) is 0.424. The summed E-state index contributed by atoms with van der Waals surface area (Å²) in [7, 11) is 0. The Labute approximate surface area is 95.2 Å². The van der Waals surface area contributed by atoms with Crippen LogP contribution >= 0.6 is 0 Å². The number of nitrogens with zero attached hydrogens (tertiary/aromatic N) is 1. The molecule has 0 aromatic heterocycles. The van der Waals surface area contributed by atoms with Crippen molar-refractivity contribution in [2.24, 2.45) is 0 Å². The van der Waals surface area contributed by atoms with E-state index in [1.807, 2.05) is 6.92 Å². The van der Waals surface area contributed by atoms with Gasteiger partial charge in [-0.3, -0.25) is 4.90 Å². The molecule has 0 aromatic carbocycles. The first-order valence-electron chi connectivity index (χ1n) is 6.04. The van der Waals surface area contributed by atoms with Crippen LogP contribution in [0.1, 0.15) is 32.6 Å². The van der Waals surface area contributed by atoms with Gasteiger partial charge in [0.2, 0.25) is 0 Å². The first kappa shape index (κ1) is 13.8. The fourth-order valence-corrected chi connectivity index (χ4v) is 2.18. The highest BCUT2D eigenvalue weighted by atomic mass is 19.4. The molecule has 1 heterocycles. The Hall–Kier alpha value is -0.290. The normalized spacial score (nSPS) is 21.9. The highest BCUT2D eigenvalue weighted by molar-refractivity contribution is 4.76. The number of halogens is 3. The fourth-order valence-electron chi connectivity index (χ4n) is 2.18.